The third kappa shape index (κ3) is 2.89. The number of nitro groups is 1. The van der Waals surface area contributed by atoms with Crippen LogP contribution in [0.4, 0.5) is 16.2 Å². The van der Waals surface area contributed by atoms with Gasteiger partial charge in [-0.1, -0.05) is 24.8 Å². The van der Waals surface area contributed by atoms with Crippen molar-refractivity contribution in [3.8, 4) is 0 Å². The lowest BCUT2D eigenvalue weighted by atomic mass is 10.2. The van der Waals surface area contributed by atoms with E-state index in [1.54, 1.807) is 18.2 Å². The molecule has 1 aromatic heterocycles. The quantitative estimate of drug-likeness (QED) is 0.383. The second-order valence-electron chi connectivity index (χ2n) is 6.01. The fraction of sp³-hybridized carbons (Fsp3) is 0.0526. The number of thioether (sulfide) groups is 1. The Morgan fingerprint density at radius 2 is 1.81 bits per heavy atom. The van der Waals surface area contributed by atoms with Crippen LogP contribution >= 0.6 is 11.8 Å². The topological polar surface area (TPSA) is 85.5 Å². The average Bonchev–Trinajstić information content (AvgIpc) is 3.16. The summed E-state index contributed by atoms with van der Waals surface area (Å²) in [5.41, 5.74) is 2.61. The number of aromatic nitrogens is 1. The zero-order valence-electron chi connectivity index (χ0n) is 14.0. The molecular formula is C19H13N3O4S. The molecule has 0 unspecified atom stereocenters. The van der Waals surface area contributed by atoms with Crippen LogP contribution in [0, 0.1) is 10.1 Å². The van der Waals surface area contributed by atoms with Gasteiger partial charge < -0.3 is 4.57 Å². The fourth-order valence-electron chi connectivity index (χ4n) is 3.09. The Morgan fingerprint density at radius 3 is 2.44 bits per heavy atom. The van der Waals surface area contributed by atoms with Crippen LogP contribution in [0.25, 0.3) is 10.9 Å². The molecule has 4 rings (SSSR count). The first-order valence-corrected chi connectivity index (χ1v) is 8.84. The number of fused-ring (bicyclic) bond motifs is 1. The van der Waals surface area contributed by atoms with E-state index in [0.29, 0.717) is 24.0 Å². The highest BCUT2D eigenvalue weighted by Gasteiger charge is 2.35. The van der Waals surface area contributed by atoms with E-state index in [1.807, 2.05) is 29.0 Å². The zero-order valence-corrected chi connectivity index (χ0v) is 14.8. The highest BCUT2D eigenvalue weighted by Crippen LogP contribution is 2.37. The summed E-state index contributed by atoms with van der Waals surface area (Å²) >= 11 is 0.640. The molecule has 8 heteroatoms. The summed E-state index contributed by atoms with van der Waals surface area (Å²) in [4.78, 5) is 35.6. The second kappa shape index (κ2) is 6.40. The first-order valence-electron chi connectivity index (χ1n) is 8.02. The number of benzene rings is 2. The minimum Gasteiger partial charge on any atom is -0.343 e. The van der Waals surface area contributed by atoms with Crippen molar-refractivity contribution >= 4 is 44.4 Å². The molecule has 27 heavy (non-hydrogen) atoms. The minimum absolute atomic E-state index is 0.0478. The van der Waals surface area contributed by atoms with E-state index < -0.39 is 4.92 Å². The number of anilines is 1. The number of carbonyl (C=O) groups is 2. The van der Waals surface area contributed by atoms with E-state index in [0.717, 1.165) is 16.5 Å². The largest absolute Gasteiger partial charge is 0.343 e. The maximum absolute atomic E-state index is 12.2. The van der Waals surface area contributed by atoms with Gasteiger partial charge in [-0.2, -0.15) is 0 Å². The molecule has 0 N–H and O–H groups in total. The van der Waals surface area contributed by atoms with E-state index in [4.69, 9.17) is 0 Å². The van der Waals surface area contributed by atoms with Crippen molar-refractivity contribution in [1.82, 2.24) is 4.57 Å². The third-order valence-corrected chi connectivity index (χ3v) is 5.18. The average molecular weight is 379 g/mol. The summed E-state index contributed by atoms with van der Waals surface area (Å²) in [6.45, 7) is 4.24. The van der Waals surface area contributed by atoms with Crippen LogP contribution in [0.2, 0.25) is 0 Å². The molecule has 1 aliphatic rings. The van der Waals surface area contributed by atoms with Crippen molar-refractivity contribution in [2.75, 3.05) is 4.90 Å². The Morgan fingerprint density at radius 1 is 1.07 bits per heavy atom. The number of non-ortho nitro benzene ring substituents is 1. The molecule has 2 aromatic carbocycles. The molecule has 7 nitrogen and oxygen atoms in total. The Kier molecular flexibility index (Phi) is 4.04. The van der Waals surface area contributed by atoms with Gasteiger partial charge in [0.2, 0.25) is 5.12 Å². The summed E-state index contributed by atoms with van der Waals surface area (Å²) < 4.78 is 1.98. The number of nitrogens with zero attached hydrogens (tertiary/aromatic N) is 3. The molecule has 3 aromatic rings. The van der Waals surface area contributed by atoms with E-state index >= 15 is 0 Å². The van der Waals surface area contributed by atoms with Gasteiger partial charge >= 0.3 is 0 Å². The number of nitro benzene ring substituents is 1. The number of amides is 1. The zero-order chi connectivity index (χ0) is 19.1. The monoisotopic (exact) mass is 379 g/mol. The molecule has 1 fully saturated rings. The van der Waals surface area contributed by atoms with Gasteiger partial charge in [0.05, 0.1) is 21.8 Å². The summed E-state index contributed by atoms with van der Waals surface area (Å²) in [5.74, 6) is 0. The van der Waals surface area contributed by atoms with Gasteiger partial charge in [0.1, 0.15) is 0 Å². The van der Waals surface area contributed by atoms with Gasteiger partial charge in [-0.15, -0.1) is 0 Å². The SMILES string of the molecule is C=C1C(=O)SC(=O)N1c1cccc2c1ccn2Cc1ccc([N+](=O)[O-])cc1. The molecule has 1 amide bonds. The second-order valence-corrected chi connectivity index (χ2v) is 6.94. The molecule has 0 radical (unpaired) electrons. The van der Waals surface area contributed by atoms with Gasteiger partial charge in [0.15, 0.2) is 0 Å². The summed E-state index contributed by atoms with van der Waals surface area (Å²) in [6.07, 6.45) is 1.88. The highest BCUT2D eigenvalue weighted by atomic mass is 32.2. The maximum atomic E-state index is 12.2. The molecular weight excluding hydrogens is 366 g/mol. The Hall–Kier alpha value is -3.39. The summed E-state index contributed by atoms with van der Waals surface area (Å²) in [6, 6.07) is 13.8. The molecule has 1 saturated heterocycles. The van der Waals surface area contributed by atoms with E-state index in [-0.39, 0.29) is 21.7 Å². The smallest absolute Gasteiger partial charge is 0.298 e. The molecule has 1 aliphatic heterocycles. The Labute approximate surface area is 158 Å². The lowest BCUT2D eigenvalue weighted by Gasteiger charge is -2.16. The van der Waals surface area contributed by atoms with Crippen LogP contribution < -0.4 is 4.90 Å². The molecule has 0 bridgehead atoms. The van der Waals surface area contributed by atoms with Crippen LogP contribution in [0.3, 0.4) is 0 Å². The molecule has 134 valence electrons. The van der Waals surface area contributed by atoms with E-state index in [9.17, 15) is 19.7 Å². The molecule has 0 spiro atoms. The summed E-state index contributed by atoms with van der Waals surface area (Å²) in [5, 5.41) is 10.9. The standard InChI is InChI=1S/C19H13N3O4S/c1-12-18(23)27-19(24)21(12)17-4-2-3-16-15(17)9-10-20(16)11-13-5-7-14(8-6-13)22(25)26/h2-10H,1,11H2. The lowest BCUT2D eigenvalue weighted by Crippen LogP contribution is -2.20. The van der Waals surface area contributed by atoms with Crippen molar-refractivity contribution in [3.63, 3.8) is 0 Å². The van der Waals surface area contributed by atoms with E-state index in [2.05, 4.69) is 6.58 Å². The molecule has 0 atom stereocenters. The van der Waals surface area contributed by atoms with Gasteiger partial charge in [-0.3, -0.25) is 24.6 Å². The predicted molar refractivity (Wildman–Crippen MR) is 104 cm³/mol. The molecule has 0 aliphatic carbocycles. The van der Waals surface area contributed by atoms with Crippen molar-refractivity contribution in [2.24, 2.45) is 0 Å². The van der Waals surface area contributed by atoms with Gasteiger partial charge in [0.25, 0.3) is 10.9 Å². The van der Waals surface area contributed by atoms with Gasteiger partial charge in [-0.25, -0.2) is 0 Å². The lowest BCUT2D eigenvalue weighted by molar-refractivity contribution is -0.384. The number of hydrogen-bond donors (Lipinski definition) is 0. The molecule has 0 saturated carbocycles. The van der Waals surface area contributed by atoms with Crippen molar-refractivity contribution in [2.45, 2.75) is 6.54 Å². The fourth-order valence-corrected chi connectivity index (χ4v) is 3.76. The van der Waals surface area contributed by atoms with Crippen molar-refractivity contribution in [3.05, 3.63) is 82.7 Å². The normalized spacial score (nSPS) is 14.4. The molecule has 2 heterocycles. The van der Waals surface area contributed by atoms with Crippen molar-refractivity contribution < 1.29 is 14.5 Å². The Bertz CT molecular complexity index is 1120. The first-order chi connectivity index (χ1) is 13.0. The van der Waals surface area contributed by atoms with Crippen LogP contribution in [0.15, 0.2) is 67.0 Å². The number of hydrogen-bond acceptors (Lipinski definition) is 5. The minimum atomic E-state index is -0.430. The van der Waals surface area contributed by atoms with Gasteiger partial charge in [-0.05, 0) is 23.8 Å². The van der Waals surface area contributed by atoms with Gasteiger partial charge in [0, 0.05) is 42.0 Å². The maximum Gasteiger partial charge on any atom is 0.298 e. The Balaban J connectivity index is 1.70. The van der Waals surface area contributed by atoms with Crippen LogP contribution in [0.1, 0.15) is 5.56 Å². The van der Waals surface area contributed by atoms with Crippen LogP contribution in [0.5, 0.6) is 0 Å². The van der Waals surface area contributed by atoms with Crippen molar-refractivity contribution in [1.29, 1.82) is 0 Å². The third-order valence-electron chi connectivity index (χ3n) is 4.40. The number of carbonyl (C=O) groups excluding carboxylic acids is 2. The van der Waals surface area contributed by atoms with Crippen LogP contribution in [-0.4, -0.2) is 19.8 Å². The van der Waals surface area contributed by atoms with E-state index in [1.165, 1.54) is 17.0 Å². The first kappa shape index (κ1) is 17.0. The number of rotatable bonds is 4. The van der Waals surface area contributed by atoms with Crippen LogP contribution in [-0.2, 0) is 11.3 Å². The predicted octanol–water partition coefficient (Wildman–Crippen LogP) is 4.31. The summed E-state index contributed by atoms with van der Waals surface area (Å²) in [7, 11) is 0. The highest BCUT2D eigenvalue weighted by molar-refractivity contribution is 8.27.